The number of ether oxygens (including phenoxy) is 1. The number of hydrogen-bond acceptors (Lipinski definition) is 4. The molecule has 4 nitrogen and oxygen atoms in total. The Labute approximate surface area is 124 Å². The van der Waals surface area contributed by atoms with Gasteiger partial charge in [0.15, 0.2) is 24.0 Å². The number of alkyl halides is 3. The number of halogens is 4. The zero-order valence-electron chi connectivity index (χ0n) is 12.2. The molecule has 1 aromatic heterocycles. The highest BCUT2D eigenvalue weighted by Crippen LogP contribution is 2.32. The molecule has 22 heavy (non-hydrogen) atoms. The van der Waals surface area contributed by atoms with Gasteiger partial charge < -0.3 is 9.26 Å². The summed E-state index contributed by atoms with van der Waals surface area (Å²) in [6, 6.07) is 2.04. The summed E-state index contributed by atoms with van der Waals surface area (Å²) in [5.74, 6) is -0.850. The maximum Gasteiger partial charge on any atom is 0.416 e. The van der Waals surface area contributed by atoms with Crippen LogP contribution in [0.2, 0.25) is 0 Å². The van der Waals surface area contributed by atoms with E-state index >= 15 is 0 Å². The third-order valence-corrected chi connectivity index (χ3v) is 2.75. The third kappa shape index (κ3) is 3.75. The van der Waals surface area contributed by atoms with Gasteiger partial charge in [0.25, 0.3) is 5.89 Å². The molecule has 0 N–H and O–H groups in total. The van der Waals surface area contributed by atoms with E-state index in [9.17, 15) is 17.6 Å². The minimum Gasteiger partial charge on any atom is -0.481 e. The van der Waals surface area contributed by atoms with Gasteiger partial charge in [0.05, 0.1) is 5.56 Å². The van der Waals surface area contributed by atoms with Crippen LogP contribution in [-0.2, 0) is 18.2 Å². The molecule has 0 saturated carbocycles. The van der Waals surface area contributed by atoms with E-state index in [1.54, 1.807) is 0 Å². The lowest BCUT2D eigenvalue weighted by Crippen LogP contribution is -2.13. The van der Waals surface area contributed by atoms with E-state index in [0.29, 0.717) is 11.9 Å². The van der Waals surface area contributed by atoms with Gasteiger partial charge in [0.1, 0.15) is 0 Å². The first kappa shape index (κ1) is 16.3. The van der Waals surface area contributed by atoms with Gasteiger partial charge in [0.2, 0.25) is 0 Å². The van der Waals surface area contributed by atoms with E-state index < -0.39 is 17.6 Å². The van der Waals surface area contributed by atoms with Crippen LogP contribution in [0.25, 0.3) is 0 Å². The third-order valence-electron chi connectivity index (χ3n) is 2.75. The van der Waals surface area contributed by atoms with E-state index in [4.69, 9.17) is 9.26 Å². The molecule has 0 fully saturated rings. The summed E-state index contributed by atoms with van der Waals surface area (Å²) in [4.78, 5) is 4.08. The first-order valence-corrected chi connectivity index (χ1v) is 6.40. The lowest BCUT2D eigenvalue weighted by atomic mass is 9.96. The van der Waals surface area contributed by atoms with Crippen LogP contribution in [0.4, 0.5) is 17.6 Å². The fourth-order valence-electron chi connectivity index (χ4n) is 1.55. The smallest absolute Gasteiger partial charge is 0.416 e. The molecule has 1 aromatic carbocycles. The van der Waals surface area contributed by atoms with E-state index in [0.717, 1.165) is 12.1 Å². The summed E-state index contributed by atoms with van der Waals surface area (Å²) >= 11 is 0. The predicted octanol–water partition coefficient (Wildman–Crippen LogP) is 4.10. The minimum atomic E-state index is -4.60. The Morgan fingerprint density at radius 3 is 2.36 bits per heavy atom. The van der Waals surface area contributed by atoms with E-state index in [2.05, 4.69) is 10.1 Å². The van der Waals surface area contributed by atoms with Crippen molar-refractivity contribution in [1.29, 1.82) is 0 Å². The maximum atomic E-state index is 13.6. The van der Waals surface area contributed by atoms with Crippen molar-refractivity contribution in [2.45, 2.75) is 39.0 Å². The summed E-state index contributed by atoms with van der Waals surface area (Å²) in [6.45, 7) is 5.43. The minimum absolute atomic E-state index is 0.115. The standard InChI is InChI=1S/C14H14F4N2O2/c1-13(2,3)12-19-11(22-20-12)7-21-10-5-4-8(6-9(10)15)14(16,17)18/h4-6H,7H2,1-3H3. The largest absolute Gasteiger partial charge is 0.481 e. The van der Waals surface area contributed by atoms with Gasteiger partial charge in [-0.25, -0.2) is 4.39 Å². The molecular weight excluding hydrogens is 304 g/mol. The molecule has 0 amide bonds. The van der Waals surface area contributed by atoms with Crippen molar-refractivity contribution in [2.24, 2.45) is 0 Å². The van der Waals surface area contributed by atoms with E-state index in [-0.39, 0.29) is 23.7 Å². The Balaban J connectivity index is 2.07. The molecule has 2 rings (SSSR count). The summed E-state index contributed by atoms with van der Waals surface area (Å²) < 4.78 is 60.9. The summed E-state index contributed by atoms with van der Waals surface area (Å²) in [5, 5.41) is 3.76. The normalized spacial score (nSPS) is 12.5. The topological polar surface area (TPSA) is 48.2 Å². The van der Waals surface area contributed by atoms with Crippen molar-refractivity contribution >= 4 is 0 Å². The highest BCUT2D eigenvalue weighted by atomic mass is 19.4. The number of nitrogens with zero attached hydrogens (tertiary/aromatic N) is 2. The molecule has 0 aliphatic carbocycles. The van der Waals surface area contributed by atoms with Gasteiger partial charge in [-0.15, -0.1) is 0 Å². The van der Waals surface area contributed by atoms with Gasteiger partial charge >= 0.3 is 6.18 Å². The van der Waals surface area contributed by atoms with E-state index in [1.165, 1.54) is 0 Å². The van der Waals surface area contributed by atoms with Crippen LogP contribution in [0.5, 0.6) is 5.75 Å². The summed E-state index contributed by atoms with van der Waals surface area (Å²) in [6.07, 6.45) is -4.60. The summed E-state index contributed by atoms with van der Waals surface area (Å²) in [5.41, 5.74) is -1.40. The Hall–Kier alpha value is -2.12. The number of aromatic nitrogens is 2. The quantitative estimate of drug-likeness (QED) is 0.799. The van der Waals surface area contributed by atoms with Crippen LogP contribution < -0.4 is 4.74 Å². The Morgan fingerprint density at radius 2 is 1.86 bits per heavy atom. The molecule has 0 saturated heterocycles. The van der Waals surface area contributed by atoms with Crippen molar-refractivity contribution in [2.75, 3.05) is 0 Å². The van der Waals surface area contributed by atoms with Crippen molar-refractivity contribution in [3.63, 3.8) is 0 Å². The van der Waals surface area contributed by atoms with Gasteiger partial charge in [-0.2, -0.15) is 18.2 Å². The van der Waals surface area contributed by atoms with E-state index in [1.807, 2.05) is 20.8 Å². The van der Waals surface area contributed by atoms with Gasteiger partial charge in [-0.3, -0.25) is 0 Å². The van der Waals surface area contributed by atoms with Gasteiger partial charge in [-0.05, 0) is 18.2 Å². The molecule has 0 unspecified atom stereocenters. The maximum absolute atomic E-state index is 13.6. The highest BCUT2D eigenvalue weighted by molar-refractivity contribution is 5.30. The van der Waals surface area contributed by atoms with Crippen LogP contribution in [0.1, 0.15) is 38.0 Å². The SMILES string of the molecule is CC(C)(C)c1noc(COc2ccc(C(F)(F)F)cc2F)n1. The fourth-order valence-corrected chi connectivity index (χ4v) is 1.55. The molecule has 0 bridgehead atoms. The molecule has 0 atom stereocenters. The number of benzene rings is 1. The van der Waals surface area contributed by atoms with Crippen molar-refractivity contribution in [3.05, 3.63) is 41.3 Å². The lowest BCUT2D eigenvalue weighted by Gasteiger charge is -2.11. The molecule has 0 aliphatic rings. The van der Waals surface area contributed by atoms with Gasteiger partial charge in [0, 0.05) is 5.41 Å². The van der Waals surface area contributed by atoms with Crippen molar-refractivity contribution < 1.29 is 26.8 Å². The monoisotopic (exact) mass is 318 g/mol. The molecule has 2 aromatic rings. The first-order chi connectivity index (χ1) is 10.1. The average Bonchev–Trinajstić information content (AvgIpc) is 2.84. The van der Waals surface area contributed by atoms with Crippen LogP contribution in [-0.4, -0.2) is 10.1 Å². The summed E-state index contributed by atoms with van der Waals surface area (Å²) in [7, 11) is 0. The first-order valence-electron chi connectivity index (χ1n) is 6.40. The van der Waals surface area contributed by atoms with Crippen LogP contribution in [0, 0.1) is 5.82 Å². The van der Waals surface area contributed by atoms with Crippen molar-refractivity contribution in [1.82, 2.24) is 10.1 Å². The number of hydrogen-bond donors (Lipinski definition) is 0. The van der Waals surface area contributed by atoms with Crippen LogP contribution in [0.3, 0.4) is 0 Å². The second-order valence-corrected chi connectivity index (χ2v) is 5.69. The average molecular weight is 318 g/mol. The molecule has 0 radical (unpaired) electrons. The Kier molecular flexibility index (Phi) is 4.12. The lowest BCUT2D eigenvalue weighted by molar-refractivity contribution is -0.137. The fraction of sp³-hybridized carbons (Fsp3) is 0.429. The Morgan fingerprint density at radius 1 is 1.18 bits per heavy atom. The molecule has 0 spiro atoms. The second-order valence-electron chi connectivity index (χ2n) is 5.69. The van der Waals surface area contributed by atoms with Crippen LogP contribution >= 0.6 is 0 Å². The molecular formula is C14H14F4N2O2. The predicted molar refractivity (Wildman–Crippen MR) is 68.7 cm³/mol. The van der Waals surface area contributed by atoms with Crippen LogP contribution in [0.15, 0.2) is 22.7 Å². The number of rotatable bonds is 3. The molecule has 1 heterocycles. The zero-order valence-corrected chi connectivity index (χ0v) is 12.2. The highest BCUT2D eigenvalue weighted by Gasteiger charge is 2.31. The molecule has 0 aliphatic heterocycles. The molecule has 8 heteroatoms. The molecule has 120 valence electrons. The van der Waals surface area contributed by atoms with Crippen molar-refractivity contribution in [3.8, 4) is 5.75 Å². The Bertz CT molecular complexity index is 660. The zero-order chi connectivity index (χ0) is 16.5. The van der Waals surface area contributed by atoms with Gasteiger partial charge in [-0.1, -0.05) is 25.9 Å². The second kappa shape index (κ2) is 5.58.